The number of nitrogens with zero attached hydrogens (tertiary/aromatic N) is 2. The van der Waals surface area contributed by atoms with Crippen LogP contribution in [0.4, 0.5) is 10.5 Å². The van der Waals surface area contributed by atoms with Crippen LogP contribution in [-0.2, 0) is 14.4 Å². The number of carbonyl (C=O) groups excluding carboxylic acids is 4. The lowest BCUT2D eigenvalue weighted by Crippen LogP contribution is -2.46. The molecule has 1 saturated carbocycles. The molecule has 0 bridgehead atoms. The van der Waals surface area contributed by atoms with E-state index < -0.39 is 30.3 Å². The van der Waals surface area contributed by atoms with Gasteiger partial charge in [0, 0.05) is 11.7 Å². The van der Waals surface area contributed by atoms with Gasteiger partial charge in [0.05, 0.1) is 0 Å². The number of aryl methyl sites for hydroxylation is 1. The molecule has 26 heavy (non-hydrogen) atoms. The summed E-state index contributed by atoms with van der Waals surface area (Å²) < 4.78 is 0. The Balaban J connectivity index is 1.68. The van der Waals surface area contributed by atoms with Gasteiger partial charge in [-0.1, -0.05) is 37.5 Å². The monoisotopic (exact) mass is 357 g/mol. The van der Waals surface area contributed by atoms with Crippen molar-refractivity contribution in [3.05, 3.63) is 29.8 Å². The summed E-state index contributed by atoms with van der Waals surface area (Å²) in [5.74, 6) is -2.10. The van der Waals surface area contributed by atoms with E-state index in [1.165, 1.54) is 0 Å². The standard InChI is InChI=1S/C19H23N3O4/c1-12-7-9-14(10-8-12)20-16(23)11-21-17(24)18(25)22(19(21)26)15-6-4-3-5-13(15)2/h7-10,13,15H,3-6,11H2,1-2H3,(H,20,23)/t13-,15+/m0/s1. The molecule has 1 N–H and O–H groups in total. The predicted molar refractivity (Wildman–Crippen MR) is 95.2 cm³/mol. The van der Waals surface area contributed by atoms with Crippen LogP contribution in [0.1, 0.15) is 38.2 Å². The van der Waals surface area contributed by atoms with E-state index in [2.05, 4.69) is 5.32 Å². The Hall–Kier alpha value is -2.70. The van der Waals surface area contributed by atoms with Crippen molar-refractivity contribution in [2.75, 3.05) is 11.9 Å². The van der Waals surface area contributed by atoms with Gasteiger partial charge in [-0.25, -0.2) is 9.69 Å². The van der Waals surface area contributed by atoms with Crippen LogP contribution in [0.25, 0.3) is 0 Å². The molecule has 7 heteroatoms. The average Bonchev–Trinajstić information content (AvgIpc) is 2.81. The van der Waals surface area contributed by atoms with E-state index in [-0.39, 0.29) is 12.0 Å². The van der Waals surface area contributed by atoms with E-state index in [0.29, 0.717) is 12.1 Å². The molecule has 1 aliphatic heterocycles. The lowest BCUT2D eigenvalue weighted by Gasteiger charge is -2.34. The first-order valence-corrected chi connectivity index (χ1v) is 8.94. The average molecular weight is 357 g/mol. The van der Waals surface area contributed by atoms with Crippen LogP contribution in [0.3, 0.4) is 0 Å². The van der Waals surface area contributed by atoms with Crippen LogP contribution >= 0.6 is 0 Å². The minimum atomic E-state index is -0.924. The lowest BCUT2D eigenvalue weighted by atomic mass is 9.85. The largest absolute Gasteiger partial charge is 0.334 e. The molecule has 1 aromatic carbocycles. The molecule has 0 aromatic heterocycles. The van der Waals surface area contributed by atoms with Gasteiger partial charge in [-0.15, -0.1) is 0 Å². The first kappa shape index (κ1) is 18.1. The molecule has 2 atom stereocenters. The fourth-order valence-electron chi connectivity index (χ4n) is 3.62. The molecule has 5 amide bonds. The van der Waals surface area contributed by atoms with Crippen molar-refractivity contribution in [1.82, 2.24) is 9.80 Å². The molecular weight excluding hydrogens is 334 g/mol. The number of carbonyl (C=O) groups is 4. The zero-order valence-corrected chi connectivity index (χ0v) is 15.0. The summed E-state index contributed by atoms with van der Waals surface area (Å²) >= 11 is 0. The zero-order chi connectivity index (χ0) is 18.8. The molecule has 1 saturated heterocycles. The highest BCUT2D eigenvalue weighted by molar-refractivity contribution is 6.45. The number of hydrogen-bond acceptors (Lipinski definition) is 4. The summed E-state index contributed by atoms with van der Waals surface area (Å²) in [5.41, 5.74) is 1.62. The zero-order valence-electron chi connectivity index (χ0n) is 15.0. The van der Waals surface area contributed by atoms with Gasteiger partial charge in [-0.3, -0.25) is 19.3 Å². The third-order valence-electron chi connectivity index (χ3n) is 5.12. The van der Waals surface area contributed by atoms with Crippen molar-refractivity contribution in [1.29, 1.82) is 0 Å². The highest BCUT2D eigenvalue weighted by atomic mass is 16.2. The minimum absolute atomic E-state index is 0.158. The molecule has 0 radical (unpaired) electrons. The molecule has 0 unspecified atom stereocenters. The quantitative estimate of drug-likeness (QED) is 0.662. The molecule has 1 aliphatic carbocycles. The second-order valence-corrected chi connectivity index (χ2v) is 7.09. The Bertz CT molecular complexity index is 744. The van der Waals surface area contributed by atoms with Crippen LogP contribution < -0.4 is 5.32 Å². The molecule has 7 nitrogen and oxygen atoms in total. The van der Waals surface area contributed by atoms with Gasteiger partial charge in [0.25, 0.3) is 0 Å². The number of urea groups is 1. The van der Waals surface area contributed by atoms with Gasteiger partial charge in [-0.05, 0) is 37.8 Å². The Morgan fingerprint density at radius 1 is 1.08 bits per heavy atom. The number of benzene rings is 1. The summed E-state index contributed by atoms with van der Waals surface area (Å²) in [6.07, 6.45) is 3.61. The van der Waals surface area contributed by atoms with E-state index >= 15 is 0 Å². The topological polar surface area (TPSA) is 86.8 Å². The lowest BCUT2D eigenvalue weighted by molar-refractivity contribution is -0.145. The third-order valence-corrected chi connectivity index (χ3v) is 5.12. The van der Waals surface area contributed by atoms with Crippen molar-refractivity contribution < 1.29 is 19.2 Å². The summed E-state index contributed by atoms with van der Waals surface area (Å²) in [7, 11) is 0. The van der Waals surface area contributed by atoms with Crippen LogP contribution in [0.5, 0.6) is 0 Å². The number of imide groups is 2. The van der Waals surface area contributed by atoms with Crippen molar-refractivity contribution in [2.24, 2.45) is 5.92 Å². The number of rotatable bonds is 4. The first-order chi connectivity index (χ1) is 12.4. The maximum absolute atomic E-state index is 12.6. The molecule has 2 fully saturated rings. The SMILES string of the molecule is Cc1ccc(NC(=O)CN2C(=O)C(=O)N([C@@H]3CCCC[C@@H]3C)C2=O)cc1. The maximum Gasteiger partial charge on any atom is 0.334 e. The number of amides is 5. The fourth-order valence-corrected chi connectivity index (χ4v) is 3.62. The molecule has 138 valence electrons. The van der Waals surface area contributed by atoms with E-state index in [1.807, 2.05) is 26.0 Å². The van der Waals surface area contributed by atoms with Crippen LogP contribution in [0.15, 0.2) is 24.3 Å². The van der Waals surface area contributed by atoms with Crippen LogP contribution in [0, 0.1) is 12.8 Å². The van der Waals surface area contributed by atoms with Crippen LogP contribution in [0.2, 0.25) is 0 Å². The number of hydrogen-bond donors (Lipinski definition) is 1. The second-order valence-electron chi connectivity index (χ2n) is 7.09. The van der Waals surface area contributed by atoms with Crippen molar-refractivity contribution in [3.8, 4) is 0 Å². The molecule has 1 heterocycles. The van der Waals surface area contributed by atoms with Crippen molar-refractivity contribution in [3.63, 3.8) is 0 Å². The first-order valence-electron chi connectivity index (χ1n) is 8.94. The van der Waals surface area contributed by atoms with Gasteiger partial charge in [0.15, 0.2) is 0 Å². The second kappa shape index (κ2) is 7.27. The minimum Gasteiger partial charge on any atom is -0.325 e. The Morgan fingerprint density at radius 2 is 1.73 bits per heavy atom. The van der Waals surface area contributed by atoms with E-state index in [4.69, 9.17) is 0 Å². The molecule has 3 rings (SSSR count). The van der Waals surface area contributed by atoms with Gasteiger partial charge in [0.1, 0.15) is 6.54 Å². The smallest absolute Gasteiger partial charge is 0.325 e. The summed E-state index contributed by atoms with van der Waals surface area (Å²) in [6, 6.07) is 6.22. The summed E-state index contributed by atoms with van der Waals surface area (Å²) in [4.78, 5) is 51.2. The Morgan fingerprint density at radius 3 is 2.38 bits per heavy atom. The van der Waals surface area contributed by atoms with Gasteiger partial charge in [0.2, 0.25) is 5.91 Å². The Kier molecular flexibility index (Phi) is 5.06. The Labute approximate surface area is 152 Å². The highest BCUT2D eigenvalue weighted by Gasteiger charge is 2.49. The fraction of sp³-hybridized carbons (Fsp3) is 0.474. The maximum atomic E-state index is 12.6. The summed E-state index contributed by atoms with van der Waals surface area (Å²) in [5, 5.41) is 2.64. The van der Waals surface area contributed by atoms with Gasteiger partial charge in [-0.2, -0.15) is 0 Å². The van der Waals surface area contributed by atoms with Gasteiger partial charge < -0.3 is 5.32 Å². The number of nitrogens with one attached hydrogen (secondary N) is 1. The van der Waals surface area contributed by atoms with Crippen LogP contribution in [-0.4, -0.2) is 46.1 Å². The molecule has 1 aromatic rings. The van der Waals surface area contributed by atoms with Crippen molar-refractivity contribution in [2.45, 2.75) is 45.6 Å². The van der Waals surface area contributed by atoms with E-state index in [0.717, 1.165) is 34.6 Å². The molecule has 0 spiro atoms. The van der Waals surface area contributed by atoms with Crippen molar-refractivity contribution >= 4 is 29.4 Å². The summed E-state index contributed by atoms with van der Waals surface area (Å²) in [6.45, 7) is 3.45. The predicted octanol–water partition coefficient (Wildman–Crippen LogP) is 2.30. The van der Waals surface area contributed by atoms with Gasteiger partial charge >= 0.3 is 17.8 Å². The molecule has 2 aliphatic rings. The normalized spacial score (nSPS) is 23.5. The van der Waals surface area contributed by atoms with E-state index in [1.54, 1.807) is 12.1 Å². The third kappa shape index (κ3) is 3.47. The number of anilines is 1. The highest BCUT2D eigenvalue weighted by Crippen LogP contribution is 2.31. The molecular formula is C19H23N3O4. The van der Waals surface area contributed by atoms with E-state index in [9.17, 15) is 19.2 Å².